The van der Waals surface area contributed by atoms with Gasteiger partial charge in [-0.15, -0.1) is 12.3 Å². The number of carbonyl (C=O) groups is 2. The lowest BCUT2D eigenvalue weighted by molar-refractivity contribution is -0.141. The summed E-state index contributed by atoms with van der Waals surface area (Å²) in [5, 5.41) is 6.52. The number of rotatable bonds is 5. The van der Waals surface area contributed by atoms with Gasteiger partial charge in [-0.05, 0) is 0 Å². The van der Waals surface area contributed by atoms with Gasteiger partial charge in [0.2, 0.25) is 5.91 Å². The van der Waals surface area contributed by atoms with Gasteiger partial charge in [-0.3, -0.25) is 14.3 Å². The molecule has 0 fully saturated rings. The van der Waals surface area contributed by atoms with Crippen molar-refractivity contribution in [3.05, 3.63) is 12.4 Å². The fraction of sp³-hybridized carbons (Fsp3) is 0.364. The topological polar surface area (TPSA) is 73.2 Å². The number of terminal acetylenes is 1. The number of hydrogen-bond acceptors (Lipinski definition) is 4. The number of ether oxygens (including phenoxy) is 1. The molecule has 90 valence electrons. The van der Waals surface area contributed by atoms with Gasteiger partial charge in [0.05, 0.1) is 19.0 Å². The van der Waals surface area contributed by atoms with Gasteiger partial charge >= 0.3 is 5.97 Å². The Balaban J connectivity index is 2.48. The van der Waals surface area contributed by atoms with E-state index in [0.29, 0.717) is 12.1 Å². The quantitative estimate of drug-likeness (QED) is 0.592. The Kier molecular flexibility index (Phi) is 4.76. The first-order valence-corrected chi connectivity index (χ1v) is 4.98. The largest absolute Gasteiger partial charge is 0.468 e. The van der Waals surface area contributed by atoms with Crippen LogP contribution >= 0.6 is 0 Å². The molecule has 1 amide bonds. The zero-order valence-corrected chi connectivity index (χ0v) is 9.47. The summed E-state index contributed by atoms with van der Waals surface area (Å²) >= 11 is 0. The van der Waals surface area contributed by atoms with Gasteiger partial charge in [0.1, 0.15) is 6.54 Å². The molecule has 0 atom stereocenters. The molecule has 0 bridgehead atoms. The summed E-state index contributed by atoms with van der Waals surface area (Å²) in [5.74, 6) is 1.80. The molecule has 0 radical (unpaired) electrons. The Bertz CT molecular complexity index is 445. The van der Waals surface area contributed by atoms with E-state index in [9.17, 15) is 9.59 Å². The number of nitrogens with one attached hydrogen (secondary N) is 1. The van der Waals surface area contributed by atoms with Gasteiger partial charge in [0.15, 0.2) is 0 Å². The zero-order valence-electron chi connectivity index (χ0n) is 9.47. The van der Waals surface area contributed by atoms with Gasteiger partial charge in [-0.2, -0.15) is 5.10 Å². The van der Waals surface area contributed by atoms with E-state index in [1.807, 2.05) is 0 Å². The summed E-state index contributed by atoms with van der Waals surface area (Å²) in [6.07, 6.45) is 8.70. The van der Waals surface area contributed by atoms with E-state index in [0.717, 1.165) is 0 Å². The van der Waals surface area contributed by atoms with Gasteiger partial charge in [-0.1, -0.05) is 0 Å². The summed E-state index contributed by atoms with van der Waals surface area (Å²) in [6.45, 7) is 0.0106. The van der Waals surface area contributed by atoms with Crippen LogP contribution in [0.25, 0.3) is 0 Å². The lowest BCUT2D eigenvalue weighted by atomic mass is 10.3. The SMILES string of the molecule is C#CCCC(=O)Nc1cnn(CC(=O)OC)c1. The van der Waals surface area contributed by atoms with E-state index in [1.54, 1.807) is 6.20 Å². The molecule has 0 aromatic carbocycles. The van der Waals surface area contributed by atoms with Crippen molar-refractivity contribution in [2.24, 2.45) is 0 Å². The Morgan fingerprint density at radius 1 is 1.65 bits per heavy atom. The molecule has 1 aromatic heterocycles. The second kappa shape index (κ2) is 6.33. The van der Waals surface area contributed by atoms with Gasteiger partial charge in [-0.25, -0.2) is 0 Å². The maximum absolute atomic E-state index is 11.3. The molecule has 0 aliphatic heterocycles. The maximum atomic E-state index is 11.3. The number of nitrogens with zero attached hydrogens (tertiary/aromatic N) is 2. The van der Waals surface area contributed by atoms with Crippen LogP contribution in [0, 0.1) is 12.3 Å². The minimum atomic E-state index is -0.404. The van der Waals surface area contributed by atoms with Crippen LogP contribution in [0.15, 0.2) is 12.4 Å². The van der Waals surface area contributed by atoms with Crippen LogP contribution in [-0.4, -0.2) is 28.8 Å². The minimum Gasteiger partial charge on any atom is -0.468 e. The molecular weight excluding hydrogens is 222 g/mol. The molecule has 1 heterocycles. The number of hydrogen-bond donors (Lipinski definition) is 1. The van der Waals surface area contributed by atoms with Crippen molar-refractivity contribution >= 4 is 17.6 Å². The summed E-state index contributed by atoms with van der Waals surface area (Å²) in [6, 6.07) is 0. The van der Waals surface area contributed by atoms with E-state index in [2.05, 4.69) is 21.1 Å². The third-order valence-electron chi connectivity index (χ3n) is 1.93. The number of aromatic nitrogens is 2. The fourth-order valence-electron chi connectivity index (χ4n) is 1.12. The molecule has 0 unspecified atom stereocenters. The molecule has 0 spiro atoms. The Labute approximate surface area is 98.9 Å². The Morgan fingerprint density at radius 2 is 2.41 bits per heavy atom. The Morgan fingerprint density at radius 3 is 3.06 bits per heavy atom. The third kappa shape index (κ3) is 4.38. The lowest BCUT2D eigenvalue weighted by Gasteiger charge is -2.00. The Hall–Kier alpha value is -2.29. The van der Waals surface area contributed by atoms with Crippen LogP contribution in [0.2, 0.25) is 0 Å². The fourth-order valence-corrected chi connectivity index (χ4v) is 1.12. The molecule has 6 heteroatoms. The van der Waals surface area contributed by atoms with Crippen molar-refractivity contribution < 1.29 is 14.3 Å². The molecule has 0 aliphatic carbocycles. The molecule has 0 aliphatic rings. The highest BCUT2D eigenvalue weighted by atomic mass is 16.5. The first-order valence-electron chi connectivity index (χ1n) is 4.98. The molecule has 1 aromatic rings. The third-order valence-corrected chi connectivity index (χ3v) is 1.93. The van der Waals surface area contributed by atoms with Crippen LogP contribution in [-0.2, 0) is 20.9 Å². The van der Waals surface area contributed by atoms with E-state index in [-0.39, 0.29) is 18.9 Å². The molecule has 6 nitrogen and oxygen atoms in total. The van der Waals surface area contributed by atoms with Crippen LogP contribution in [0.5, 0.6) is 0 Å². The molecule has 17 heavy (non-hydrogen) atoms. The van der Waals surface area contributed by atoms with Crippen LogP contribution in [0.1, 0.15) is 12.8 Å². The average molecular weight is 235 g/mol. The second-order valence-corrected chi connectivity index (χ2v) is 3.26. The van der Waals surface area contributed by atoms with Crippen LogP contribution in [0.4, 0.5) is 5.69 Å². The van der Waals surface area contributed by atoms with Crippen molar-refractivity contribution in [2.45, 2.75) is 19.4 Å². The van der Waals surface area contributed by atoms with E-state index >= 15 is 0 Å². The first kappa shape index (κ1) is 12.8. The van der Waals surface area contributed by atoms with Gasteiger partial charge < -0.3 is 10.1 Å². The van der Waals surface area contributed by atoms with E-state index < -0.39 is 5.97 Å². The summed E-state index contributed by atoms with van der Waals surface area (Å²) < 4.78 is 5.87. The van der Waals surface area contributed by atoms with Crippen molar-refractivity contribution in [1.82, 2.24) is 9.78 Å². The number of carbonyl (C=O) groups excluding carboxylic acids is 2. The second-order valence-electron chi connectivity index (χ2n) is 3.26. The number of anilines is 1. The van der Waals surface area contributed by atoms with E-state index in [4.69, 9.17) is 6.42 Å². The van der Waals surface area contributed by atoms with Crippen LogP contribution in [0.3, 0.4) is 0 Å². The van der Waals surface area contributed by atoms with Crippen LogP contribution < -0.4 is 5.32 Å². The summed E-state index contributed by atoms with van der Waals surface area (Å²) in [4.78, 5) is 22.3. The van der Waals surface area contributed by atoms with Crippen molar-refractivity contribution in [1.29, 1.82) is 0 Å². The highest BCUT2D eigenvalue weighted by molar-refractivity contribution is 5.90. The highest BCUT2D eigenvalue weighted by Gasteiger charge is 2.06. The summed E-state index contributed by atoms with van der Waals surface area (Å²) in [7, 11) is 1.30. The molecule has 1 rings (SSSR count). The molecule has 0 saturated heterocycles. The number of esters is 1. The molecule has 0 saturated carbocycles. The average Bonchev–Trinajstić information content (AvgIpc) is 2.73. The standard InChI is InChI=1S/C11H13N3O3/c1-3-4-5-10(15)13-9-6-12-14(7-9)8-11(16)17-2/h1,6-7H,4-5,8H2,2H3,(H,13,15). The van der Waals surface area contributed by atoms with E-state index in [1.165, 1.54) is 18.0 Å². The number of amides is 1. The monoisotopic (exact) mass is 235 g/mol. The smallest absolute Gasteiger partial charge is 0.327 e. The van der Waals surface area contributed by atoms with Crippen molar-refractivity contribution in [3.8, 4) is 12.3 Å². The number of methoxy groups -OCH3 is 1. The predicted octanol–water partition coefficient (Wildman–Crippen LogP) is 0.408. The predicted molar refractivity (Wildman–Crippen MR) is 60.9 cm³/mol. The van der Waals surface area contributed by atoms with Crippen molar-refractivity contribution in [3.63, 3.8) is 0 Å². The molecule has 1 N–H and O–H groups in total. The minimum absolute atomic E-state index is 0.0106. The summed E-state index contributed by atoms with van der Waals surface area (Å²) in [5.41, 5.74) is 0.524. The first-order chi connectivity index (χ1) is 8.15. The zero-order chi connectivity index (χ0) is 12.7. The molecular formula is C11H13N3O3. The van der Waals surface area contributed by atoms with Gasteiger partial charge in [0, 0.05) is 19.0 Å². The van der Waals surface area contributed by atoms with Crippen molar-refractivity contribution in [2.75, 3.05) is 12.4 Å². The van der Waals surface area contributed by atoms with Gasteiger partial charge in [0.25, 0.3) is 0 Å². The lowest BCUT2D eigenvalue weighted by Crippen LogP contribution is -2.12. The maximum Gasteiger partial charge on any atom is 0.327 e. The normalized spacial score (nSPS) is 9.41. The highest BCUT2D eigenvalue weighted by Crippen LogP contribution is 2.05.